The molecule has 2 saturated heterocycles. The van der Waals surface area contributed by atoms with Gasteiger partial charge in [0.15, 0.2) is 0 Å². The van der Waals surface area contributed by atoms with Crippen molar-refractivity contribution in [1.29, 1.82) is 0 Å². The lowest BCUT2D eigenvalue weighted by Gasteiger charge is -2.45. The summed E-state index contributed by atoms with van der Waals surface area (Å²) in [6.45, 7) is 0.481. The van der Waals surface area contributed by atoms with Crippen molar-refractivity contribution < 1.29 is 13.6 Å². The molecule has 2 fully saturated rings. The van der Waals surface area contributed by atoms with Crippen molar-refractivity contribution >= 4 is 5.78 Å². The van der Waals surface area contributed by atoms with Crippen LogP contribution in [-0.2, 0) is 11.3 Å². The Kier molecular flexibility index (Phi) is 3.35. The van der Waals surface area contributed by atoms with Crippen molar-refractivity contribution in [3.8, 4) is 0 Å². The van der Waals surface area contributed by atoms with Gasteiger partial charge in [-0.3, -0.25) is 9.69 Å². The lowest BCUT2D eigenvalue weighted by atomic mass is 9.83. The van der Waals surface area contributed by atoms with Gasteiger partial charge in [0.2, 0.25) is 0 Å². The second-order valence-electron chi connectivity index (χ2n) is 5.59. The maximum absolute atomic E-state index is 13.7. The van der Waals surface area contributed by atoms with Crippen LogP contribution in [0.1, 0.15) is 37.7 Å². The molecule has 102 valence electrons. The molecule has 0 aliphatic carbocycles. The van der Waals surface area contributed by atoms with E-state index in [4.69, 9.17) is 0 Å². The quantitative estimate of drug-likeness (QED) is 0.819. The second-order valence-corrected chi connectivity index (χ2v) is 5.59. The predicted molar refractivity (Wildman–Crippen MR) is 67.6 cm³/mol. The standard InChI is InChI=1S/C15H17F2NO/c16-11-5-4-10(15(17)6-11)9-18-12-2-1-3-13(18)8-14(19)7-12/h4-6,12-13H,1-3,7-9H2. The second kappa shape index (κ2) is 5.00. The highest BCUT2D eigenvalue weighted by atomic mass is 19.1. The minimum Gasteiger partial charge on any atom is -0.300 e. The van der Waals surface area contributed by atoms with Crippen LogP contribution in [0, 0.1) is 11.6 Å². The SMILES string of the molecule is O=C1CC2CCCC(C1)N2Cc1ccc(F)cc1F. The normalized spacial score (nSPS) is 27.6. The van der Waals surface area contributed by atoms with Crippen LogP contribution >= 0.6 is 0 Å². The van der Waals surface area contributed by atoms with E-state index in [2.05, 4.69) is 4.90 Å². The molecule has 4 heteroatoms. The maximum Gasteiger partial charge on any atom is 0.136 e. The van der Waals surface area contributed by atoms with Gasteiger partial charge in [0.25, 0.3) is 0 Å². The number of hydrogen-bond acceptors (Lipinski definition) is 2. The van der Waals surface area contributed by atoms with Crippen LogP contribution in [0.4, 0.5) is 8.78 Å². The Morgan fingerprint density at radius 2 is 1.84 bits per heavy atom. The largest absolute Gasteiger partial charge is 0.300 e. The number of nitrogens with zero attached hydrogens (tertiary/aromatic N) is 1. The van der Waals surface area contributed by atoms with Gasteiger partial charge in [0.05, 0.1) is 0 Å². The molecule has 0 N–H and O–H groups in total. The minimum atomic E-state index is -0.546. The number of halogens is 2. The van der Waals surface area contributed by atoms with Gasteiger partial charge in [0.1, 0.15) is 17.4 Å². The van der Waals surface area contributed by atoms with Gasteiger partial charge in [-0.15, -0.1) is 0 Å². The van der Waals surface area contributed by atoms with Crippen molar-refractivity contribution in [1.82, 2.24) is 4.90 Å². The minimum absolute atomic E-state index is 0.240. The summed E-state index contributed by atoms with van der Waals surface area (Å²) in [4.78, 5) is 13.9. The monoisotopic (exact) mass is 265 g/mol. The molecule has 0 radical (unpaired) electrons. The van der Waals surface area contributed by atoms with Crippen LogP contribution in [0.15, 0.2) is 18.2 Å². The molecule has 2 aliphatic heterocycles. The summed E-state index contributed by atoms with van der Waals surface area (Å²) in [5, 5.41) is 0. The van der Waals surface area contributed by atoms with Gasteiger partial charge in [-0.2, -0.15) is 0 Å². The smallest absolute Gasteiger partial charge is 0.136 e. The van der Waals surface area contributed by atoms with E-state index in [9.17, 15) is 13.6 Å². The fourth-order valence-corrected chi connectivity index (χ4v) is 3.37. The average molecular weight is 265 g/mol. The number of benzene rings is 1. The predicted octanol–water partition coefficient (Wildman–Crippen LogP) is 3.05. The van der Waals surface area contributed by atoms with Crippen molar-refractivity contribution in [2.24, 2.45) is 0 Å². The Labute approximate surface area is 111 Å². The van der Waals surface area contributed by atoms with Gasteiger partial charge < -0.3 is 0 Å². The number of fused-ring (bicyclic) bond motifs is 2. The van der Waals surface area contributed by atoms with Crippen LogP contribution in [0.2, 0.25) is 0 Å². The number of piperidine rings is 2. The molecule has 0 aromatic heterocycles. The molecular formula is C15H17F2NO. The first-order valence-corrected chi connectivity index (χ1v) is 6.85. The molecule has 0 saturated carbocycles. The molecule has 3 rings (SSSR count). The molecule has 1 aromatic carbocycles. The molecule has 1 aromatic rings. The van der Waals surface area contributed by atoms with Crippen LogP contribution in [0.5, 0.6) is 0 Å². The van der Waals surface area contributed by atoms with E-state index < -0.39 is 11.6 Å². The van der Waals surface area contributed by atoms with E-state index in [0.29, 0.717) is 30.7 Å². The molecule has 0 spiro atoms. The molecule has 2 nitrogen and oxygen atoms in total. The summed E-state index contributed by atoms with van der Waals surface area (Å²) in [5.41, 5.74) is 0.521. The van der Waals surface area contributed by atoms with E-state index in [-0.39, 0.29) is 12.1 Å². The highest BCUT2D eigenvalue weighted by molar-refractivity contribution is 5.80. The fourth-order valence-electron chi connectivity index (χ4n) is 3.37. The van der Waals surface area contributed by atoms with Gasteiger partial charge in [-0.25, -0.2) is 8.78 Å². The first-order chi connectivity index (χ1) is 9.13. The van der Waals surface area contributed by atoms with Gasteiger partial charge in [-0.05, 0) is 18.9 Å². The van der Waals surface area contributed by atoms with E-state index in [1.807, 2.05) is 0 Å². The lowest BCUT2D eigenvalue weighted by molar-refractivity contribution is -0.127. The van der Waals surface area contributed by atoms with Crippen LogP contribution < -0.4 is 0 Å². The van der Waals surface area contributed by atoms with E-state index in [0.717, 1.165) is 25.3 Å². The van der Waals surface area contributed by atoms with Crippen LogP contribution in [0.25, 0.3) is 0 Å². The third-order valence-electron chi connectivity index (χ3n) is 4.31. The Morgan fingerprint density at radius 1 is 1.16 bits per heavy atom. The fraction of sp³-hybridized carbons (Fsp3) is 0.533. The number of carbonyl (C=O) groups is 1. The molecule has 2 atom stereocenters. The highest BCUT2D eigenvalue weighted by Crippen LogP contribution is 2.33. The topological polar surface area (TPSA) is 20.3 Å². The number of rotatable bonds is 2. The molecule has 0 amide bonds. The van der Waals surface area contributed by atoms with E-state index >= 15 is 0 Å². The highest BCUT2D eigenvalue weighted by Gasteiger charge is 2.37. The molecular weight excluding hydrogens is 248 g/mol. The van der Waals surface area contributed by atoms with Crippen molar-refractivity contribution in [3.63, 3.8) is 0 Å². The van der Waals surface area contributed by atoms with E-state index in [1.165, 1.54) is 12.1 Å². The van der Waals surface area contributed by atoms with E-state index in [1.54, 1.807) is 0 Å². The first-order valence-electron chi connectivity index (χ1n) is 6.85. The number of Topliss-reactive ketones (excluding diaryl/α,β-unsaturated/α-hetero) is 1. The Morgan fingerprint density at radius 3 is 2.47 bits per heavy atom. The maximum atomic E-state index is 13.7. The van der Waals surface area contributed by atoms with Gasteiger partial charge in [0, 0.05) is 43.1 Å². The lowest BCUT2D eigenvalue weighted by Crippen LogP contribution is -2.51. The summed E-state index contributed by atoms with van der Waals surface area (Å²) < 4.78 is 26.6. The third kappa shape index (κ3) is 2.54. The Hall–Kier alpha value is -1.29. The first kappa shape index (κ1) is 12.7. The van der Waals surface area contributed by atoms with Gasteiger partial charge >= 0.3 is 0 Å². The molecule has 2 aliphatic rings. The summed E-state index contributed by atoms with van der Waals surface area (Å²) in [6, 6.07) is 4.22. The average Bonchev–Trinajstić information content (AvgIpc) is 2.33. The Bertz CT molecular complexity index is 487. The summed E-state index contributed by atoms with van der Waals surface area (Å²) in [6.07, 6.45) is 4.32. The molecule has 2 heterocycles. The third-order valence-corrected chi connectivity index (χ3v) is 4.31. The molecule has 2 unspecified atom stereocenters. The zero-order valence-corrected chi connectivity index (χ0v) is 10.7. The molecule has 19 heavy (non-hydrogen) atoms. The van der Waals surface area contributed by atoms with Gasteiger partial charge in [-0.1, -0.05) is 12.5 Å². The van der Waals surface area contributed by atoms with Crippen LogP contribution in [-0.4, -0.2) is 22.8 Å². The van der Waals surface area contributed by atoms with Crippen molar-refractivity contribution in [2.75, 3.05) is 0 Å². The Balaban J connectivity index is 1.80. The zero-order chi connectivity index (χ0) is 13.4. The molecule has 2 bridgehead atoms. The summed E-state index contributed by atoms with van der Waals surface area (Å²) in [5.74, 6) is -0.712. The zero-order valence-electron chi connectivity index (χ0n) is 10.7. The van der Waals surface area contributed by atoms with Crippen LogP contribution in [0.3, 0.4) is 0 Å². The number of carbonyl (C=O) groups excluding carboxylic acids is 1. The summed E-state index contributed by atoms with van der Waals surface area (Å²) in [7, 11) is 0. The van der Waals surface area contributed by atoms with Crippen molar-refractivity contribution in [2.45, 2.75) is 50.7 Å². The summed E-state index contributed by atoms with van der Waals surface area (Å²) >= 11 is 0. The number of ketones is 1. The number of hydrogen-bond donors (Lipinski definition) is 0. The van der Waals surface area contributed by atoms with Crippen molar-refractivity contribution in [3.05, 3.63) is 35.4 Å².